The van der Waals surface area contributed by atoms with Gasteiger partial charge >= 0.3 is 0 Å². The van der Waals surface area contributed by atoms with Gasteiger partial charge in [-0.2, -0.15) is 0 Å². The van der Waals surface area contributed by atoms with Gasteiger partial charge in [0.15, 0.2) is 11.6 Å². The number of methoxy groups -OCH3 is 1. The maximum atomic E-state index is 14.0. The first-order valence-electron chi connectivity index (χ1n) is 6.33. The molecule has 2 atom stereocenters. The van der Waals surface area contributed by atoms with E-state index in [0.717, 1.165) is 19.3 Å². The van der Waals surface area contributed by atoms with E-state index in [1.54, 1.807) is 14.2 Å². The lowest BCUT2D eigenvalue weighted by molar-refractivity contribution is 0.0720. The van der Waals surface area contributed by atoms with Crippen molar-refractivity contribution in [2.75, 3.05) is 19.5 Å². The van der Waals surface area contributed by atoms with Crippen LogP contribution in [0, 0.1) is 5.82 Å². The molecule has 6 heteroatoms. The van der Waals surface area contributed by atoms with Crippen molar-refractivity contribution in [1.82, 2.24) is 10.3 Å². The third kappa shape index (κ3) is 2.84. The summed E-state index contributed by atoms with van der Waals surface area (Å²) >= 11 is 0. The molecule has 0 radical (unpaired) electrons. The molecule has 19 heavy (non-hydrogen) atoms. The maximum Gasteiger partial charge on any atom is 0.254 e. The first-order chi connectivity index (χ1) is 9.17. The van der Waals surface area contributed by atoms with Crippen LogP contribution in [0.4, 0.5) is 10.2 Å². The van der Waals surface area contributed by atoms with Gasteiger partial charge in [0.2, 0.25) is 0 Å². The number of ether oxygens (including phenoxy) is 1. The van der Waals surface area contributed by atoms with Crippen LogP contribution in [0.1, 0.15) is 29.6 Å². The van der Waals surface area contributed by atoms with E-state index in [1.807, 2.05) is 0 Å². The Morgan fingerprint density at radius 1 is 1.53 bits per heavy atom. The Labute approximate surface area is 111 Å². The number of carbonyl (C=O) groups excluding carboxylic acids is 1. The molecule has 1 heterocycles. The third-order valence-corrected chi connectivity index (χ3v) is 3.44. The summed E-state index contributed by atoms with van der Waals surface area (Å²) in [4.78, 5) is 15.9. The first kappa shape index (κ1) is 13.7. The van der Waals surface area contributed by atoms with Gasteiger partial charge in [-0.25, -0.2) is 9.37 Å². The topological polar surface area (TPSA) is 63.2 Å². The van der Waals surface area contributed by atoms with Crippen molar-refractivity contribution in [1.29, 1.82) is 0 Å². The Morgan fingerprint density at radius 2 is 2.32 bits per heavy atom. The van der Waals surface area contributed by atoms with Crippen LogP contribution in [0.2, 0.25) is 0 Å². The maximum absolute atomic E-state index is 14.0. The molecule has 1 aromatic rings. The number of nitrogens with zero attached hydrogens (tertiary/aromatic N) is 1. The van der Waals surface area contributed by atoms with E-state index in [4.69, 9.17) is 4.74 Å². The highest BCUT2D eigenvalue weighted by atomic mass is 19.1. The predicted molar refractivity (Wildman–Crippen MR) is 69.6 cm³/mol. The number of anilines is 1. The monoisotopic (exact) mass is 267 g/mol. The zero-order valence-corrected chi connectivity index (χ0v) is 11.1. The number of aromatic nitrogens is 1. The highest BCUT2D eigenvalue weighted by Crippen LogP contribution is 2.22. The zero-order valence-electron chi connectivity index (χ0n) is 11.1. The standard InChI is InChI=1S/C13H18FN3O2/c1-15-12-11(14)8(6-7-16-12)13(18)17-9-4-3-5-10(9)19-2/h6-7,9-10H,3-5H2,1-2H3,(H,15,16)(H,17,18). The highest BCUT2D eigenvalue weighted by Gasteiger charge is 2.29. The van der Waals surface area contributed by atoms with Gasteiger partial charge in [0.25, 0.3) is 5.91 Å². The lowest BCUT2D eigenvalue weighted by Gasteiger charge is -2.19. The van der Waals surface area contributed by atoms with Crippen LogP contribution < -0.4 is 10.6 Å². The van der Waals surface area contributed by atoms with E-state index in [1.165, 1.54) is 12.3 Å². The number of halogens is 1. The molecule has 0 aliphatic heterocycles. The lowest BCUT2D eigenvalue weighted by atomic mass is 10.1. The summed E-state index contributed by atoms with van der Waals surface area (Å²) in [6.07, 6.45) is 4.20. The average Bonchev–Trinajstić information content (AvgIpc) is 2.86. The van der Waals surface area contributed by atoms with E-state index in [9.17, 15) is 9.18 Å². The second kappa shape index (κ2) is 5.97. The van der Waals surface area contributed by atoms with Crippen LogP contribution >= 0.6 is 0 Å². The van der Waals surface area contributed by atoms with E-state index >= 15 is 0 Å². The number of carbonyl (C=O) groups is 1. The van der Waals surface area contributed by atoms with Gasteiger partial charge in [0, 0.05) is 20.4 Å². The molecule has 1 saturated carbocycles. The van der Waals surface area contributed by atoms with E-state index in [0.29, 0.717) is 0 Å². The van der Waals surface area contributed by atoms with Crippen molar-refractivity contribution in [2.45, 2.75) is 31.4 Å². The summed E-state index contributed by atoms with van der Waals surface area (Å²) in [5.74, 6) is -0.984. The summed E-state index contributed by atoms with van der Waals surface area (Å²) in [7, 11) is 3.19. The molecule has 0 spiro atoms. The minimum Gasteiger partial charge on any atom is -0.379 e. The van der Waals surface area contributed by atoms with Crippen LogP contribution in [0.3, 0.4) is 0 Å². The minimum absolute atomic E-state index is 0.00102. The number of rotatable bonds is 4. The summed E-state index contributed by atoms with van der Waals surface area (Å²) < 4.78 is 19.3. The molecule has 0 saturated heterocycles. The number of hydrogen-bond acceptors (Lipinski definition) is 4. The molecule has 1 amide bonds. The number of hydrogen-bond donors (Lipinski definition) is 2. The first-order valence-corrected chi connectivity index (χ1v) is 6.33. The van der Waals surface area contributed by atoms with Gasteiger partial charge in [0.1, 0.15) is 0 Å². The Morgan fingerprint density at radius 3 is 3.00 bits per heavy atom. The summed E-state index contributed by atoms with van der Waals surface area (Å²) in [5, 5.41) is 5.44. The van der Waals surface area contributed by atoms with Gasteiger partial charge in [-0.05, 0) is 25.3 Å². The molecule has 1 fully saturated rings. The van der Waals surface area contributed by atoms with Crippen molar-refractivity contribution < 1.29 is 13.9 Å². The largest absolute Gasteiger partial charge is 0.379 e. The van der Waals surface area contributed by atoms with E-state index in [2.05, 4.69) is 15.6 Å². The fourth-order valence-corrected chi connectivity index (χ4v) is 2.41. The normalized spacial score (nSPS) is 22.3. The van der Waals surface area contributed by atoms with Gasteiger partial charge in [0.05, 0.1) is 17.7 Å². The number of nitrogens with one attached hydrogen (secondary N) is 2. The van der Waals surface area contributed by atoms with Crippen molar-refractivity contribution in [3.8, 4) is 0 Å². The third-order valence-electron chi connectivity index (χ3n) is 3.44. The lowest BCUT2D eigenvalue weighted by Crippen LogP contribution is -2.41. The van der Waals surface area contributed by atoms with Gasteiger partial charge in [-0.3, -0.25) is 4.79 Å². The van der Waals surface area contributed by atoms with Crippen LogP contribution in [0.25, 0.3) is 0 Å². The SMILES string of the molecule is CNc1nccc(C(=O)NC2CCCC2OC)c1F. The quantitative estimate of drug-likeness (QED) is 0.869. The smallest absolute Gasteiger partial charge is 0.254 e. The Hall–Kier alpha value is -1.69. The molecule has 2 unspecified atom stereocenters. The molecule has 104 valence electrons. The molecular formula is C13H18FN3O2. The number of amides is 1. The zero-order chi connectivity index (χ0) is 13.8. The predicted octanol–water partition coefficient (Wildman–Crippen LogP) is 1.56. The van der Waals surface area contributed by atoms with Crippen LogP contribution in [0.5, 0.6) is 0 Å². The van der Waals surface area contributed by atoms with Crippen molar-refractivity contribution in [3.05, 3.63) is 23.6 Å². The van der Waals surface area contributed by atoms with Crippen LogP contribution in [-0.4, -0.2) is 37.2 Å². The van der Waals surface area contributed by atoms with Gasteiger partial charge in [-0.1, -0.05) is 0 Å². The van der Waals surface area contributed by atoms with Gasteiger partial charge < -0.3 is 15.4 Å². The van der Waals surface area contributed by atoms with Crippen molar-refractivity contribution >= 4 is 11.7 Å². The van der Waals surface area contributed by atoms with Gasteiger partial charge in [-0.15, -0.1) is 0 Å². The highest BCUT2D eigenvalue weighted by molar-refractivity contribution is 5.95. The Balaban J connectivity index is 2.12. The van der Waals surface area contributed by atoms with Crippen molar-refractivity contribution in [2.24, 2.45) is 0 Å². The number of pyridine rings is 1. The summed E-state index contributed by atoms with van der Waals surface area (Å²) in [5.41, 5.74) is 0.00102. The van der Waals surface area contributed by atoms with Crippen molar-refractivity contribution in [3.63, 3.8) is 0 Å². The molecule has 1 aliphatic rings. The fraction of sp³-hybridized carbons (Fsp3) is 0.538. The summed E-state index contributed by atoms with van der Waals surface area (Å²) in [6, 6.07) is 1.32. The van der Waals surface area contributed by atoms with E-state index < -0.39 is 11.7 Å². The Bertz CT molecular complexity index is 467. The van der Waals surface area contributed by atoms with E-state index in [-0.39, 0.29) is 23.5 Å². The molecule has 0 aromatic carbocycles. The average molecular weight is 267 g/mol. The van der Waals surface area contributed by atoms with Crippen LogP contribution in [0.15, 0.2) is 12.3 Å². The molecule has 5 nitrogen and oxygen atoms in total. The minimum atomic E-state index is -0.630. The molecule has 2 N–H and O–H groups in total. The second-order valence-electron chi connectivity index (χ2n) is 4.56. The molecular weight excluding hydrogens is 249 g/mol. The summed E-state index contributed by atoms with van der Waals surface area (Å²) in [6.45, 7) is 0. The molecule has 2 rings (SSSR count). The fourth-order valence-electron chi connectivity index (χ4n) is 2.41. The molecule has 1 aromatic heterocycles. The van der Waals surface area contributed by atoms with Crippen LogP contribution in [-0.2, 0) is 4.74 Å². The molecule has 1 aliphatic carbocycles. The molecule has 0 bridgehead atoms. The Kier molecular flexibility index (Phi) is 4.31. The second-order valence-corrected chi connectivity index (χ2v) is 4.56.